The standard InChI is InChI=1S/C23H19F5N4O2/c1-34-17-3-5-19(31-16-9-14(24)8-15(25)10-16)32-20(17)21(33)30-12-22(6-7-22)18-4-2-13(11-29-18)23(26,27)28/h2-5,8-11H,6-7,12H2,1H3,(H,30,33)(H,31,32). The minimum atomic E-state index is -4.48. The lowest BCUT2D eigenvalue weighted by atomic mass is 10.0. The molecule has 1 aliphatic carbocycles. The molecule has 178 valence electrons. The molecule has 2 heterocycles. The van der Waals surface area contributed by atoms with Gasteiger partial charge in [0.2, 0.25) is 0 Å². The molecule has 0 unspecified atom stereocenters. The van der Waals surface area contributed by atoms with Gasteiger partial charge in [-0.05, 0) is 49.2 Å². The molecule has 11 heteroatoms. The van der Waals surface area contributed by atoms with E-state index in [2.05, 4.69) is 20.6 Å². The molecule has 1 saturated carbocycles. The Morgan fingerprint density at radius 2 is 1.79 bits per heavy atom. The molecule has 1 aromatic carbocycles. The molecule has 2 N–H and O–H groups in total. The molecule has 4 rings (SSSR count). The summed E-state index contributed by atoms with van der Waals surface area (Å²) in [5, 5.41) is 5.47. The lowest BCUT2D eigenvalue weighted by Crippen LogP contribution is -2.33. The van der Waals surface area contributed by atoms with Crippen molar-refractivity contribution in [1.29, 1.82) is 0 Å². The van der Waals surface area contributed by atoms with Crippen LogP contribution in [0.3, 0.4) is 0 Å². The van der Waals surface area contributed by atoms with Crippen molar-refractivity contribution < 1.29 is 31.5 Å². The maximum atomic E-state index is 13.4. The number of halogens is 5. The second-order valence-electron chi connectivity index (χ2n) is 7.92. The highest BCUT2D eigenvalue weighted by Crippen LogP contribution is 2.47. The number of aromatic nitrogens is 2. The normalized spacial score (nSPS) is 14.4. The number of nitrogens with zero attached hydrogens (tertiary/aromatic N) is 2. The Bertz CT molecular complexity index is 1190. The first kappa shape index (κ1) is 23.4. The van der Waals surface area contributed by atoms with Crippen LogP contribution in [0.4, 0.5) is 33.5 Å². The van der Waals surface area contributed by atoms with Crippen molar-refractivity contribution in [1.82, 2.24) is 15.3 Å². The van der Waals surface area contributed by atoms with Gasteiger partial charge in [-0.25, -0.2) is 13.8 Å². The fraction of sp³-hybridized carbons (Fsp3) is 0.261. The third-order valence-electron chi connectivity index (χ3n) is 5.50. The van der Waals surface area contributed by atoms with E-state index in [0.29, 0.717) is 18.5 Å². The van der Waals surface area contributed by atoms with E-state index in [9.17, 15) is 26.7 Å². The Hall–Kier alpha value is -3.76. The number of methoxy groups -OCH3 is 1. The van der Waals surface area contributed by atoms with Gasteiger partial charge in [0.15, 0.2) is 5.69 Å². The van der Waals surface area contributed by atoms with Crippen LogP contribution in [0.15, 0.2) is 48.7 Å². The third-order valence-corrected chi connectivity index (χ3v) is 5.50. The van der Waals surface area contributed by atoms with E-state index in [1.807, 2.05) is 0 Å². The van der Waals surface area contributed by atoms with E-state index in [4.69, 9.17) is 4.74 Å². The number of hydrogen-bond acceptors (Lipinski definition) is 5. The fourth-order valence-electron chi connectivity index (χ4n) is 3.50. The van der Waals surface area contributed by atoms with Crippen molar-refractivity contribution in [2.45, 2.75) is 24.4 Å². The first-order valence-electron chi connectivity index (χ1n) is 10.2. The van der Waals surface area contributed by atoms with Crippen LogP contribution in [-0.2, 0) is 11.6 Å². The van der Waals surface area contributed by atoms with Gasteiger partial charge in [0.05, 0.1) is 12.7 Å². The summed E-state index contributed by atoms with van der Waals surface area (Å²) in [6, 6.07) is 8.12. The summed E-state index contributed by atoms with van der Waals surface area (Å²) < 4.78 is 70.5. The summed E-state index contributed by atoms with van der Waals surface area (Å²) in [6.45, 7) is 0.141. The largest absolute Gasteiger partial charge is 0.494 e. The molecular formula is C23H19F5N4O2. The zero-order valence-corrected chi connectivity index (χ0v) is 17.8. The number of hydrogen-bond donors (Lipinski definition) is 2. The van der Waals surface area contributed by atoms with Crippen molar-refractivity contribution in [2.75, 3.05) is 19.0 Å². The predicted molar refractivity (Wildman–Crippen MR) is 113 cm³/mol. The SMILES string of the molecule is COc1ccc(Nc2cc(F)cc(F)c2)nc1C(=O)NCC1(c2ccc(C(F)(F)F)cn2)CC1. The molecule has 34 heavy (non-hydrogen) atoms. The number of alkyl halides is 3. The van der Waals surface area contributed by atoms with Gasteiger partial charge in [0.25, 0.3) is 5.91 Å². The summed E-state index contributed by atoms with van der Waals surface area (Å²) >= 11 is 0. The maximum Gasteiger partial charge on any atom is 0.417 e. The molecule has 0 atom stereocenters. The Labute approximate surface area is 191 Å². The molecule has 0 aliphatic heterocycles. The van der Waals surface area contributed by atoms with Gasteiger partial charge in [-0.15, -0.1) is 0 Å². The highest BCUT2D eigenvalue weighted by Gasteiger charge is 2.46. The van der Waals surface area contributed by atoms with E-state index in [1.165, 1.54) is 25.3 Å². The molecule has 3 aromatic rings. The first-order chi connectivity index (χ1) is 16.1. The maximum absolute atomic E-state index is 13.4. The van der Waals surface area contributed by atoms with E-state index in [0.717, 1.165) is 30.5 Å². The minimum Gasteiger partial charge on any atom is -0.494 e. The lowest BCUT2D eigenvalue weighted by Gasteiger charge is -2.17. The van der Waals surface area contributed by atoms with Gasteiger partial charge in [0.1, 0.15) is 23.2 Å². The van der Waals surface area contributed by atoms with Crippen LogP contribution < -0.4 is 15.4 Å². The number of rotatable bonds is 7. The van der Waals surface area contributed by atoms with E-state index in [-0.39, 0.29) is 29.5 Å². The fourth-order valence-corrected chi connectivity index (χ4v) is 3.50. The topological polar surface area (TPSA) is 76.1 Å². The molecule has 1 aliphatic rings. The number of nitrogens with one attached hydrogen (secondary N) is 2. The van der Waals surface area contributed by atoms with E-state index < -0.39 is 34.7 Å². The molecule has 6 nitrogen and oxygen atoms in total. The van der Waals surface area contributed by atoms with Gasteiger partial charge in [0, 0.05) is 35.6 Å². The van der Waals surface area contributed by atoms with Crippen molar-refractivity contribution >= 4 is 17.4 Å². The second kappa shape index (κ2) is 8.88. The molecule has 0 bridgehead atoms. The molecular weight excluding hydrogens is 459 g/mol. The zero-order chi connectivity index (χ0) is 24.5. The highest BCUT2D eigenvalue weighted by atomic mass is 19.4. The van der Waals surface area contributed by atoms with Crippen molar-refractivity contribution in [2.24, 2.45) is 0 Å². The lowest BCUT2D eigenvalue weighted by molar-refractivity contribution is -0.137. The third kappa shape index (κ3) is 5.08. The van der Waals surface area contributed by atoms with Gasteiger partial charge in [-0.2, -0.15) is 13.2 Å². The van der Waals surface area contributed by atoms with Crippen LogP contribution >= 0.6 is 0 Å². The Kier molecular flexibility index (Phi) is 6.11. The number of anilines is 2. The summed E-state index contributed by atoms with van der Waals surface area (Å²) in [7, 11) is 1.36. The van der Waals surface area contributed by atoms with Crippen LogP contribution in [0.5, 0.6) is 5.75 Å². The van der Waals surface area contributed by atoms with Gasteiger partial charge < -0.3 is 15.4 Å². The quantitative estimate of drug-likeness (QED) is 0.468. The molecule has 2 aromatic heterocycles. The van der Waals surface area contributed by atoms with Crippen molar-refractivity contribution in [3.05, 3.63) is 77.2 Å². The number of benzene rings is 1. The minimum absolute atomic E-state index is 0.0689. The number of ether oxygens (including phenoxy) is 1. The summed E-state index contributed by atoms with van der Waals surface area (Å²) in [6.07, 6.45) is -2.38. The van der Waals surface area contributed by atoms with Crippen LogP contribution in [0.2, 0.25) is 0 Å². The van der Waals surface area contributed by atoms with E-state index in [1.54, 1.807) is 0 Å². The molecule has 1 fully saturated rings. The highest BCUT2D eigenvalue weighted by molar-refractivity contribution is 5.95. The van der Waals surface area contributed by atoms with E-state index >= 15 is 0 Å². The zero-order valence-electron chi connectivity index (χ0n) is 17.8. The van der Waals surface area contributed by atoms with Crippen molar-refractivity contribution in [3.8, 4) is 5.75 Å². The molecule has 0 saturated heterocycles. The molecule has 0 radical (unpaired) electrons. The first-order valence-corrected chi connectivity index (χ1v) is 10.2. The van der Waals surface area contributed by atoms with Crippen LogP contribution in [0.25, 0.3) is 0 Å². The number of pyridine rings is 2. The summed E-state index contributed by atoms with van der Waals surface area (Å²) in [5.41, 5.74) is -0.897. The van der Waals surface area contributed by atoms with Crippen LogP contribution in [0, 0.1) is 11.6 Å². The van der Waals surface area contributed by atoms with Crippen molar-refractivity contribution in [3.63, 3.8) is 0 Å². The monoisotopic (exact) mass is 478 g/mol. The van der Waals surface area contributed by atoms with Gasteiger partial charge >= 0.3 is 6.18 Å². The van der Waals surface area contributed by atoms with Crippen LogP contribution in [-0.4, -0.2) is 29.5 Å². The molecule has 0 spiro atoms. The number of amides is 1. The molecule has 1 amide bonds. The van der Waals surface area contributed by atoms with Crippen LogP contribution in [0.1, 0.15) is 34.6 Å². The Morgan fingerprint density at radius 1 is 1.09 bits per heavy atom. The summed E-state index contributed by atoms with van der Waals surface area (Å²) in [5.74, 6) is -1.81. The number of carbonyl (C=O) groups is 1. The smallest absolute Gasteiger partial charge is 0.417 e. The van der Waals surface area contributed by atoms with Gasteiger partial charge in [-0.3, -0.25) is 9.78 Å². The summed E-state index contributed by atoms with van der Waals surface area (Å²) in [4.78, 5) is 21.0. The predicted octanol–water partition coefficient (Wildman–Crippen LogP) is 4.99. The number of carbonyl (C=O) groups excluding carboxylic acids is 1. The second-order valence-corrected chi connectivity index (χ2v) is 7.92. The Morgan fingerprint density at radius 3 is 2.35 bits per heavy atom. The average molecular weight is 478 g/mol. The Balaban J connectivity index is 1.48. The van der Waals surface area contributed by atoms with Gasteiger partial charge in [-0.1, -0.05) is 0 Å². The average Bonchev–Trinajstić information content (AvgIpc) is 3.57.